The van der Waals surface area contributed by atoms with Crippen LogP contribution in [0.2, 0.25) is 0 Å². The van der Waals surface area contributed by atoms with Gasteiger partial charge in [0.25, 0.3) is 0 Å². The maximum atomic E-state index is 13.4. The fourth-order valence-electron chi connectivity index (χ4n) is 4.64. The van der Waals surface area contributed by atoms with Crippen molar-refractivity contribution in [1.29, 1.82) is 0 Å². The van der Waals surface area contributed by atoms with E-state index in [1.807, 2.05) is 102 Å². The first kappa shape index (κ1) is 30.8. The molecule has 3 aromatic carbocycles. The summed E-state index contributed by atoms with van der Waals surface area (Å²) in [6, 6.07) is 28.1. The van der Waals surface area contributed by atoms with Crippen molar-refractivity contribution in [3.63, 3.8) is 0 Å². The molecule has 0 N–H and O–H groups in total. The van der Waals surface area contributed by atoms with Gasteiger partial charge in [-0.1, -0.05) is 84.9 Å². The predicted octanol–water partition coefficient (Wildman–Crippen LogP) is 8.08. The van der Waals surface area contributed by atoms with Crippen molar-refractivity contribution in [2.24, 2.45) is 0 Å². The van der Waals surface area contributed by atoms with Gasteiger partial charge in [0.15, 0.2) is 0 Å². The standard InChI is InChI=1S/C35H43NO4/c1-26(28-18-12-9-13-19-28)36(25-27-16-10-8-11-17-27)31(24-33(38)40-35(5,6)7)30-21-15-14-20-29(30)22-23-32(37)39-34(2,3)4/h8-23,26,31H,24-25H2,1-7H3/b23-22+/t26-,31+/m0/s1. The highest BCUT2D eigenvalue weighted by Crippen LogP contribution is 2.37. The molecule has 0 radical (unpaired) electrons. The number of benzene rings is 3. The zero-order valence-electron chi connectivity index (χ0n) is 24.9. The summed E-state index contributed by atoms with van der Waals surface area (Å²) in [6.45, 7) is 14.0. The molecule has 2 atom stereocenters. The molecule has 40 heavy (non-hydrogen) atoms. The molecular formula is C35H43NO4. The number of ether oxygens (including phenoxy) is 2. The average molecular weight is 542 g/mol. The van der Waals surface area contributed by atoms with E-state index in [1.165, 1.54) is 6.08 Å². The molecule has 0 unspecified atom stereocenters. The van der Waals surface area contributed by atoms with Gasteiger partial charge < -0.3 is 9.47 Å². The third-order valence-corrected chi connectivity index (χ3v) is 6.33. The molecule has 0 saturated heterocycles. The highest BCUT2D eigenvalue weighted by Gasteiger charge is 2.31. The molecule has 0 amide bonds. The number of rotatable bonds is 10. The Labute approximate surface area is 239 Å². The third-order valence-electron chi connectivity index (χ3n) is 6.33. The van der Waals surface area contributed by atoms with Crippen molar-refractivity contribution in [2.45, 2.75) is 84.7 Å². The van der Waals surface area contributed by atoms with Crippen molar-refractivity contribution in [1.82, 2.24) is 4.90 Å². The van der Waals surface area contributed by atoms with E-state index in [4.69, 9.17) is 9.47 Å². The van der Waals surface area contributed by atoms with Crippen LogP contribution in [0.15, 0.2) is 91.0 Å². The number of hydrogen-bond donors (Lipinski definition) is 0. The fraction of sp³-hybridized carbons (Fsp3) is 0.371. The van der Waals surface area contributed by atoms with Crippen LogP contribution in [0.1, 0.15) is 89.2 Å². The number of carbonyl (C=O) groups excluding carboxylic acids is 2. The van der Waals surface area contributed by atoms with Gasteiger partial charge >= 0.3 is 11.9 Å². The van der Waals surface area contributed by atoms with Crippen LogP contribution in [0, 0.1) is 0 Å². The molecule has 0 aliphatic heterocycles. The molecule has 0 aliphatic rings. The Balaban J connectivity index is 2.11. The van der Waals surface area contributed by atoms with Crippen molar-refractivity contribution < 1.29 is 19.1 Å². The molecule has 0 heterocycles. The summed E-state index contributed by atoms with van der Waals surface area (Å²) in [5.41, 5.74) is 2.88. The first-order valence-electron chi connectivity index (χ1n) is 13.9. The normalized spacial score (nSPS) is 13.7. The van der Waals surface area contributed by atoms with Crippen LogP contribution < -0.4 is 0 Å². The lowest BCUT2D eigenvalue weighted by molar-refractivity contribution is -0.156. The fourth-order valence-corrected chi connectivity index (χ4v) is 4.64. The van der Waals surface area contributed by atoms with E-state index in [1.54, 1.807) is 6.08 Å². The molecule has 5 nitrogen and oxygen atoms in total. The second kappa shape index (κ2) is 13.6. The van der Waals surface area contributed by atoms with Gasteiger partial charge in [0.05, 0.1) is 6.42 Å². The Bertz CT molecular complexity index is 1270. The number of nitrogens with zero attached hydrogens (tertiary/aromatic N) is 1. The summed E-state index contributed by atoms with van der Waals surface area (Å²) >= 11 is 0. The Morgan fingerprint density at radius 3 is 1.93 bits per heavy atom. The van der Waals surface area contributed by atoms with Gasteiger partial charge in [-0.25, -0.2) is 4.79 Å². The zero-order chi connectivity index (χ0) is 29.3. The second-order valence-electron chi connectivity index (χ2n) is 12.0. The molecule has 0 saturated carbocycles. The first-order valence-corrected chi connectivity index (χ1v) is 13.9. The topological polar surface area (TPSA) is 55.8 Å². The minimum absolute atomic E-state index is 0.0169. The van der Waals surface area contributed by atoms with E-state index in [-0.39, 0.29) is 24.5 Å². The maximum absolute atomic E-state index is 13.4. The second-order valence-corrected chi connectivity index (χ2v) is 12.0. The van der Waals surface area contributed by atoms with Crippen LogP contribution in [0.25, 0.3) is 6.08 Å². The molecule has 0 bridgehead atoms. The van der Waals surface area contributed by atoms with Crippen LogP contribution in [-0.4, -0.2) is 28.0 Å². The molecule has 0 aliphatic carbocycles. The van der Waals surface area contributed by atoms with E-state index in [9.17, 15) is 9.59 Å². The lowest BCUT2D eigenvalue weighted by atomic mass is 9.93. The van der Waals surface area contributed by atoms with Gasteiger partial charge in [-0.3, -0.25) is 9.69 Å². The quantitative estimate of drug-likeness (QED) is 0.192. The Morgan fingerprint density at radius 1 is 0.775 bits per heavy atom. The lowest BCUT2D eigenvalue weighted by Crippen LogP contribution is -2.35. The van der Waals surface area contributed by atoms with Crippen LogP contribution >= 0.6 is 0 Å². The molecule has 0 aromatic heterocycles. The van der Waals surface area contributed by atoms with Gasteiger partial charge in [-0.05, 0) is 76.8 Å². The Kier molecular flexibility index (Phi) is 10.5. The van der Waals surface area contributed by atoms with Crippen LogP contribution in [-0.2, 0) is 25.6 Å². The van der Waals surface area contributed by atoms with Crippen molar-refractivity contribution in [3.05, 3.63) is 113 Å². The van der Waals surface area contributed by atoms with E-state index in [2.05, 4.69) is 36.1 Å². The van der Waals surface area contributed by atoms with E-state index >= 15 is 0 Å². The van der Waals surface area contributed by atoms with Crippen LogP contribution in [0.3, 0.4) is 0 Å². The van der Waals surface area contributed by atoms with Crippen molar-refractivity contribution >= 4 is 18.0 Å². The van der Waals surface area contributed by atoms with Crippen molar-refractivity contribution in [2.75, 3.05) is 0 Å². The smallest absolute Gasteiger partial charge is 0.331 e. The summed E-state index contributed by atoms with van der Waals surface area (Å²) in [6.07, 6.45) is 3.38. The molecular weight excluding hydrogens is 498 g/mol. The van der Waals surface area contributed by atoms with Gasteiger partial charge in [0.1, 0.15) is 11.2 Å². The summed E-state index contributed by atoms with van der Waals surface area (Å²) in [5, 5.41) is 0. The predicted molar refractivity (Wildman–Crippen MR) is 161 cm³/mol. The van der Waals surface area contributed by atoms with Crippen LogP contribution in [0.4, 0.5) is 0 Å². The molecule has 212 valence electrons. The third kappa shape index (κ3) is 9.80. The molecule has 3 aromatic rings. The van der Waals surface area contributed by atoms with E-state index < -0.39 is 17.2 Å². The average Bonchev–Trinajstić information content (AvgIpc) is 2.88. The molecule has 5 heteroatoms. The summed E-state index contributed by atoms with van der Waals surface area (Å²) < 4.78 is 11.3. The largest absolute Gasteiger partial charge is 0.460 e. The van der Waals surface area contributed by atoms with Crippen molar-refractivity contribution in [3.8, 4) is 0 Å². The van der Waals surface area contributed by atoms with Gasteiger partial charge in [-0.15, -0.1) is 0 Å². The summed E-state index contributed by atoms with van der Waals surface area (Å²) in [4.78, 5) is 28.2. The summed E-state index contributed by atoms with van der Waals surface area (Å²) in [7, 11) is 0. The maximum Gasteiger partial charge on any atom is 0.331 e. The monoisotopic (exact) mass is 541 g/mol. The minimum atomic E-state index is -0.604. The van der Waals surface area contributed by atoms with E-state index in [0.29, 0.717) is 6.54 Å². The highest BCUT2D eigenvalue weighted by atomic mass is 16.6. The highest BCUT2D eigenvalue weighted by molar-refractivity contribution is 5.87. The number of esters is 2. The van der Waals surface area contributed by atoms with Crippen LogP contribution in [0.5, 0.6) is 0 Å². The Hall–Kier alpha value is -3.70. The number of hydrogen-bond acceptors (Lipinski definition) is 5. The lowest BCUT2D eigenvalue weighted by Gasteiger charge is -2.38. The summed E-state index contributed by atoms with van der Waals surface area (Å²) in [5.74, 6) is -0.688. The van der Waals surface area contributed by atoms with Gasteiger partial charge in [0.2, 0.25) is 0 Å². The minimum Gasteiger partial charge on any atom is -0.460 e. The zero-order valence-corrected chi connectivity index (χ0v) is 24.9. The number of carbonyl (C=O) groups is 2. The first-order chi connectivity index (χ1) is 18.8. The molecule has 0 fully saturated rings. The van der Waals surface area contributed by atoms with E-state index in [0.717, 1.165) is 22.3 Å². The van der Waals surface area contributed by atoms with Gasteiger partial charge in [-0.2, -0.15) is 0 Å². The SMILES string of the molecule is C[C@@H](c1ccccc1)N(Cc1ccccc1)[C@H](CC(=O)OC(C)(C)C)c1ccccc1/C=C/C(=O)OC(C)(C)C. The van der Waals surface area contributed by atoms with Gasteiger partial charge in [0, 0.05) is 24.7 Å². The molecule has 0 spiro atoms. The molecule has 3 rings (SSSR count). The Morgan fingerprint density at radius 2 is 1.32 bits per heavy atom.